The molecule has 0 spiro atoms. The van der Waals surface area contributed by atoms with Gasteiger partial charge < -0.3 is 19.8 Å². The molecular formula is C14H13ClN4O4. The van der Waals surface area contributed by atoms with Crippen molar-refractivity contribution in [3.63, 3.8) is 0 Å². The van der Waals surface area contributed by atoms with Crippen molar-refractivity contribution < 1.29 is 14.5 Å². The standard InChI is InChI=1S/C14H13ClN4O4/c1-9-7-18(11-4-2-3-10(15)14(11)23-9)13(20)8-17-6-5-12(16-17)19(21)22/h2-6,9H,7-8H2,1H3. The molecule has 1 aliphatic rings. The summed E-state index contributed by atoms with van der Waals surface area (Å²) in [4.78, 5) is 24.2. The number of carbonyl (C=O) groups is 1. The Labute approximate surface area is 136 Å². The molecule has 2 heterocycles. The Hall–Kier alpha value is -2.61. The number of aromatic nitrogens is 2. The SMILES string of the molecule is CC1CN(C(=O)Cn2ccc([N+](=O)[O-])n2)c2cccc(Cl)c2O1. The van der Waals surface area contributed by atoms with Gasteiger partial charge >= 0.3 is 5.82 Å². The van der Waals surface area contributed by atoms with Crippen LogP contribution in [0.2, 0.25) is 5.02 Å². The molecule has 8 nitrogen and oxygen atoms in total. The van der Waals surface area contributed by atoms with Crippen molar-refractivity contribution in [1.29, 1.82) is 0 Å². The Morgan fingerprint density at radius 3 is 3.00 bits per heavy atom. The minimum atomic E-state index is -0.604. The molecule has 1 atom stereocenters. The highest BCUT2D eigenvalue weighted by atomic mass is 35.5. The summed E-state index contributed by atoms with van der Waals surface area (Å²) in [5, 5.41) is 14.8. The molecule has 1 amide bonds. The number of halogens is 1. The third-order valence-corrected chi connectivity index (χ3v) is 3.71. The van der Waals surface area contributed by atoms with E-state index in [9.17, 15) is 14.9 Å². The number of amides is 1. The molecule has 0 saturated carbocycles. The van der Waals surface area contributed by atoms with Gasteiger partial charge in [0.1, 0.15) is 12.6 Å². The first kappa shape index (κ1) is 15.3. The molecule has 1 unspecified atom stereocenters. The van der Waals surface area contributed by atoms with Crippen LogP contribution < -0.4 is 9.64 Å². The van der Waals surface area contributed by atoms with Crippen molar-refractivity contribution in [2.45, 2.75) is 19.6 Å². The van der Waals surface area contributed by atoms with Crippen molar-refractivity contribution in [2.75, 3.05) is 11.4 Å². The van der Waals surface area contributed by atoms with E-state index in [1.54, 1.807) is 23.1 Å². The van der Waals surface area contributed by atoms with Crippen LogP contribution in [0.4, 0.5) is 11.5 Å². The van der Waals surface area contributed by atoms with E-state index in [1.807, 2.05) is 6.92 Å². The monoisotopic (exact) mass is 336 g/mol. The molecule has 0 N–H and O–H groups in total. The van der Waals surface area contributed by atoms with Crippen LogP contribution in [0.15, 0.2) is 30.5 Å². The van der Waals surface area contributed by atoms with Crippen molar-refractivity contribution in [3.05, 3.63) is 45.6 Å². The minimum absolute atomic E-state index is 0.105. The zero-order valence-electron chi connectivity index (χ0n) is 12.2. The molecule has 120 valence electrons. The molecule has 9 heteroatoms. The van der Waals surface area contributed by atoms with Gasteiger partial charge in [-0.1, -0.05) is 17.7 Å². The quantitative estimate of drug-likeness (QED) is 0.633. The molecule has 3 rings (SSSR count). The second-order valence-electron chi connectivity index (χ2n) is 5.15. The van der Waals surface area contributed by atoms with Crippen LogP contribution in [0.3, 0.4) is 0 Å². The van der Waals surface area contributed by atoms with Crippen LogP contribution in [-0.2, 0) is 11.3 Å². The predicted octanol–water partition coefficient (Wildman–Crippen LogP) is 2.26. The van der Waals surface area contributed by atoms with Gasteiger partial charge in [0.15, 0.2) is 5.75 Å². The van der Waals surface area contributed by atoms with Gasteiger partial charge in [-0.05, 0) is 24.0 Å². The highest BCUT2D eigenvalue weighted by Gasteiger charge is 2.29. The molecule has 1 aromatic carbocycles. The maximum absolute atomic E-state index is 12.6. The number of rotatable bonds is 3. The number of carbonyl (C=O) groups excluding carboxylic acids is 1. The molecule has 2 aromatic rings. The Balaban J connectivity index is 1.85. The predicted molar refractivity (Wildman–Crippen MR) is 82.8 cm³/mol. The minimum Gasteiger partial charge on any atom is -0.485 e. The normalized spacial score (nSPS) is 16.6. The van der Waals surface area contributed by atoms with Crippen LogP contribution in [0, 0.1) is 10.1 Å². The third kappa shape index (κ3) is 2.98. The van der Waals surface area contributed by atoms with Crippen LogP contribution in [0.1, 0.15) is 6.92 Å². The summed E-state index contributed by atoms with van der Waals surface area (Å²) in [5.41, 5.74) is 0.585. The largest absolute Gasteiger partial charge is 0.485 e. The van der Waals surface area contributed by atoms with Crippen molar-refractivity contribution in [3.8, 4) is 5.75 Å². The summed E-state index contributed by atoms with van der Waals surface area (Å²) in [6.07, 6.45) is 1.19. The third-order valence-electron chi connectivity index (χ3n) is 3.41. The molecule has 23 heavy (non-hydrogen) atoms. The van der Waals surface area contributed by atoms with Gasteiger partial charge in [0.25, 0.3) is 5.91 Å². The van der Waals surface area contributed by atoms with Crippen molar-refractivity contribution in [1.82, 2.24) is 9.78 Å². The van der Waals surface area contributed by atoms with E-state index in [0.717, 1.165) is 0 Å². The lowest BCUT2D eigenvalue weighted by Gasteiger charge is -2.33. The zero-order chi connectivity index (χ0) is 16.6. The van der Waals surface area contributed by atoms with E-state index in [4.69, 9.17) is 16.3 Å². The van der Waals surface area contributed by atoms with E-state index in [1.165, 1.54) is 16.9 Å². The van der Waals surface area contributed by atoms with E-state index in [0.29, 0.717) is 23.0 Å². The van der Waals surface area contributed by atoms with Gasteiger partial charge in [0, 0.05) is 0 Å². The summed E-state index contributed by atoms with van der Waals surface area (Å²) >= 11 is 6.12. The topological polar surface area (TPSA) is 90.5 Å². The molecule has 1 aliphatic heterocycles. The molecule has 0 radical (unpaired) electrons. The summed E-state index contributed by atoms with van der Waals surface area (Å²) in [6.45, 7) is 2.10. The van der Waals surface area contributed by atoms with Crippen LogP contribution in [0.5, 0.6) is 5.75 Å². The fourth-order valence-corrected chi connectivity index (χ4v) is 2.63. The maximum atomic E-state index is 12.6. The smallest absolute Gasteiger partial charge is 0.389 e. The number of hydrogen-bond acceptors (Lipinski definition) is 5. The van der Waals surface area contributed by atoms with E-state index in [-0.39, 0.29) is 24.4 Å². The highest BCUT2D eigenvalue weighted by molar-refractivity contribution is 6.32. The van der Waals surface area contributed by atoms with Crippen LogP contribution in [-0.4, -0.2) is 33.3 Å². The van der Waals surface area contributed by atoms with Crippen molar-refractivity contribution in [2.24, 2.45) is 0 Å². The average Bonchev–Trinajstić information content (AvgIpc) is 2.96. The number of nitro groups is 1. The Kier molecular flexibility index (Phi) is 3.91. The second kappa shape index (κ2) is 5.88. The first-order valence-electron chi connectivity index (χ1n) is 6.89. The Bertz CT molecular complexity index is 776. The first-order chi connectivity index (χ1) is 11.0. The van der Waals surface area contributed by atoms with Crippen molar-refractivity contribution >= 4 is 29.0 Å². The fourth-order valence-electron chi connectivity index (χ4n) is 2.42. The summed E-state index contributed by atoms with van der Waals surface area (Å²) in [7, 11) is 0. The zero-order valence-corrected chi connectivity index (χ0v) is 12.9. The average molecular weight is 337 g/mol. The number of nitrogens with zero attached hydrogens (tertiary/aromatic N) is 4. The number of hydrogen-bond donors (Lipinski definition) is 0. The summed E-state index contributed by atoms with van der Waals surface area (Å²) in [6, 6.07) is 6.42. The number of benzene rings is 1. The van der Waals surface area contributed by atoms with Crippen LogP contribution in [0.25, 0.3) is 0 Å². The fraction of sp³-hybridized carbons (Fsp3) is 0.286. The second-order valence-corrected chi connectivity index (χ2v) is 5.56. The van der Waals surface area contributed by atoms with Gasteiger partial charge in [-0.2, -0.15) is 4.68 Å². The maximum Gasteiger partial charge on any atom is 0.389 e. The number of anilines is 1. The molecular weight excluding hydrogens is 324 g/mol. The number of fused-ring (bicyclic) bond motifs is 1. The lowest BCUT2D eigenvalue weighted by Crippen LogP contribution is -2.43. The Morgan fingerprint density at radius 1 is 1.52 bits per heavy atom. The molecule has 1 aromatic heterocycles. The molecule has 0 fully saturated rings. The van der Waals surface area contributed by atoms with Gasteiger partial charge in [-0.15, -0.1) is 0 Å². The molecule has 0 aliphatic carbocycles. The summed E-state index contributed by atoms with van der Waals surface area (Å²) < 4.78 is 6.93. The van der Waals surface area contributed by atoms with Crippen LogP contribution >= 0.6 is 11.6 Å². The van der Waals surface area contributed by atoms with E-state index in [2.05, 4.69) is 5.10 Å². The van der Waals surface area contributed by atoms with Gasteiger partial charge in [-0.3, -0.25) is 4.79 Å². The first-order valence-corrected chi connectivity index (χ1v) is 7.27. The molecule has 0 bridgehead atoms. The van der Waals surface area contributed by atoms with Gasteiger partial charge in [0.05, 0.1) is 34.6 Å². The van der Waals surface area contributed by atoms with Gasteiger partial charge in [-0.25, -0.2) is 0 Å². The number of ether oxygens (including phenoxy) is 1. The van der Waals surface area contributed by atoms with E-state index >= 15 is 0 Å². The lowest BCUT2D eigenvalue weighted by molar-refractivity contribution is -0.389. The van der Waals surface area contributed by atoms with Gasteiger partial charge in [0.2, 0.25) is 0 Å². The Morgan fingerprint density at radius 2 is 2.30 bits per heavy atom. The number of para-hydroxylation sites is 1. The molecule has 0 saturated heterocycles. The highest BCUT2D eigenvalue weighted by Crippen LogP contribution is 2.39. The van der Waals surface area contributed by atoms with E-state index < -0.39 is 4.92 Å². The summed E-state index contributed by atoms with van der Waals surface area (Å²) in [5.74, 6) is -0.0778. The lowest BCUT2D eigenvalue weighted by atomic mass is 10.2.